The van der Waals surface area contributed by atoms with Gasteiger partial charge in [-0.15, -0.1) is 0 Å². The van der Waals surface area contributed by atoms with Crippen LogP contribution in [0.4, 0.5) is 16.5 Å². The number of aliphatic hydroxyl groups is 2. The molecule has 0 spiro atoms. The maximum absolute atomic E-state index is 11.4. The number of carboxylic acids is 1. The van der Waals surface area contributed by atoms with Crippen molar-refractivity contribution in [3.05, 3.63) is 34.3 Å². The Bertz CT molecular complexity index is 968. The van der Waals surface area contributed by atoms with Crippen molar-refractivity contribution in [3.63, 3.8) is 0 Å². The van der Waals surface area contributed by atoms with E-state index in [0.717, 1.165) is 11.3 Å². The molecule has 0 unspecified atom stereocenters. The maximum atomic E-state index is 11.4. The van der Waals surface area contributed by atoms with E-state index in [1.54, 1.807) is 14.0 Å². The summed E-state index contributed by atoms with van der Waals surface area (Å²) in [7, 11) is 1.62. The minimum absolute atomic E-state index is 0.0170. The Hall–Kier alpha value is -2.48. The van der Waals surface area contributed by atoms with E-state index in [1.165, 1.54) is 15.9 Å². The molecule has 0 fully saturated rings. The maximum Gasteiger partial charge on any atom is 0.409 e. The molecular formula is C23H34N4O7S. The zero-order valence-corrected chi connectivity index (χ0v) is 21.3. The second kappa shape index (κ2) is 15.5. The van der Waals surface area contributed by atoms with E-state index in [0.29, 0.717) is 55.2 Å². The molecule has 1 aromatic heterocycles. The van der Waals surface area contributed by atoms with Crippen LogP contribution in [0.5, 0.6) is 0 Å². The first-order valence-electron chi connectivity index (χ1n) is 11.3. The molecule has 0 aliphatic carbocycles. The highest BCUT2D eigenvalue weighted by atomic mass is 32.1. The molecule has 35 heavy (non-hydrogen) atoms. The molecule has 1 aromatic carbocycles. The van der Waals surface area contributed by atoms with Crippen LogP contribution in [-0.2, 0) is 21.3 Å². The molecule has 0 aliphatic heterocycles. The zero-order valence-electron chi connectivity index (χ0n) is 20.4. The smallest absolute Gasteiger partial charge is 0.409 e. The Morgan fingerprint density at radius 2 is 1.60 bits per heavy atom. The first kappa shape index (κ1) is 28.8. The number of benzene rings is 1. The summed E-state index contributed by atoms with van der Waals surface area (Å²) in [5.74, 6) is -1.25. The fourth-order valence-corrected chi connectivity index (χ4v) is 4.27. The van der Waals surface area contributed by atoms with Crippen molar-refractivity contribution in [1.29, 1.82) is 0 Å². The summed E-state index contributed by atoms with van der Waals surface area (Å²) in [6.45, 7) is 7.06. The average molecular weight is 511 g/mol. The zero-order chi connectivity index (χ0) is 25.6. The fourth-order valence-electron chi connectivity index (χ4n) is 3.37. The van der Waals surface area contributed by atoms with Crippen molar-refractivity contribution in [1.82, 2.24) is 0 Å². The standard InChI is InChI=1S/C23H34N4O7S/c1-17-19(24-25-23-26(3)21(22(30)31)18(2)35-23)5-4-6-20(17)27(7-11-32-13-9-28)8-12-33-15-16-34-14-10-29/h4-6,28-29H,7-16H2,1-3H3. The summed E-state index contributed by atoms with van der Waals surface area (Å²) in [5.41, 5.74) is 2.59. The van der Waals surface area contributed by atoms with Crippen molar-refractivity contribution in [2.75, 3.05) is 70.8 Å². The van der Waals surface area contributed by atoms with Crippen LogP contribution in [0.1, 0.15) is 20.9 Å². The van der Waals surface area contributed by atoms with E-state index in [2.05, 4.69) is 15.1 Å². The predicted molar refractivity (Wildman–Crippen MR) is 129 cm³/mol. The van der Waals surface area contributed by atoms with E-state index < -0.39 is 5.97 Å². The van der Waals surface area contributed by atoms with Crippen LogP contribution in [0.15, 0.2) is 28.4 Å². The highest BCUT2D eigenvalue weighted by molar-refractivity contribution is 7.15. The number of carboxylic acid groups (broad SMARTS) is 1. The summed E-state index contributed by atoms with van der Waals surface area (Å²) < 4.78 is 17.8. The molecule has 2 rings (SSSR count). The monoisotopic (exact) mass is 510 g/mol. The summed E-state index contributed by atoms with van der Waals surface area (Å²) in [6, 6.07) is 5.71. The van der Waals surface area contributed by atoms with E-state index in [1.807, 2.05) is 25.1 Å². The van der Waals surface area contributed by atoms with Gasteiger partial charge in [-0.25, -0.2) is 4.57 Å². The number of aromatic nitrogens is 1. The number of rotatable bonds is 17. The van der Waals surface area contributed by atoms with E-state index in [-0.39, 0.29) is 32.1 Å². The molecule has 0 aliphatic rings. The lowest BCUT2D eigenvalue weighted by Crippen LogP contribution is -2.39. The molecule has 1 heterocycles. The van der Waals surface area contributed by atoms with E-state index >= 15 is 0 Å². The number of nitrogens with zero attached hydrogens (tertiary/aromatic N) is 4. The fraction of sp³-hybridized carbons (Fsp3) is 0.565. The van der Waals surface area contributed by atoms with Crippen LogP contribution >= 0.6 is 11.3 Å². The molecule has 2 N–H and O–H groups in total. The van der Waals surface area contributed by atoms with Gasteiger partial charge in [0.25, 0.3) is 0 Å². The topological polar surface area (TPSA) is 140 Å². The van der Waals surface area contributed by atoms with Gasteiger partial charge >= 0.3 is 5.13 Å². The van der Waals surface area contributed by atoms with Gasteiger partial charge in [-0.05, 0) is 42.4 Å². The molecular weight excluding hydrogens is 476 g/mol. The Labute approximate surface area is 209 Å². The second-order valence-corrected chi connectivity index (χ2v) is 8.71. The third kappa shape index (κ3) is 8.91. The molecule has 0 bridgehead atoms. The number of thiazole rings is 1. The first-order chi connectivity index (χ1) is 16.9. The summed E-state index contributed by atoms with van der Waals surface area (Å²) >= 11 is 1.23. The minimum atomic E-state index is -1.25. The number of carbonyl (C=O) groups excluding carboxylic acids is 1. The van der Waals surface area contributed by atoms with Crippen molar-refractivity contribution >= 4 is 33.8 Å². The number of carbonyl (C=O) groups is 1. The van der Waals surface area contributed by atoms with Crippen LogP contribution in [0, 0.1) is 13.8 Å². The summed E-state index contributed by atoms with van der Waals surface area (Å²) in [5, 5.41) is 38.2. The largest absolute Gasteiger partial charge is 0.541 e. The average Bonchev–Trinajstić information content (AvgIpc) is 3.12. The molecule has 0 amide bonds. The summed E-state index contributed by atoms with van der Waals surface area (Å²) in [6.07, 6.45) is 0. The Kier molecular flexibility index (Phi) is 12.7. The van der Waals surface area contributed by atoms with Gasteiger partial charge < -0.3 is 39.2 Å². The Morgan fingerprint density at radius 3 is 2.17 bits per heavy atom. The SMILES string of the molecule is Cc1sc(N=Nc2cccc(N(CCOCCO)CCOCCOCCO)c2C)[n+](C)c1C(=O)[O-]. The van der Waals surface area contributed by atoms with Gasteiger partial charge in [-0.1, -0.05) is 6.07 Å². The van der Waals surface area contributed by atoms with Gasteiger partial charge in [-0.2, -0.15) is 0 Å². The highest BCUT2D eigenvalue weighted by Gasteiger charge is 2.21. The van der Waals surface area contributed by atoms with Crippen LogP contribution in [0.3, 0.4) is 0 Å². The quantitative estimate of drug-likeness (QED) is 0.181. The number of azo groups is 1. The number of ether oxygens (including phenoxy) is 3. The lowest BCUT2D eigenvalue weighted by Gasteiger charge is -2.26. The third-order valence-electron chi connectivity index (χ3n) is 5.11. The minimum Gasteiger partial charge on any atom is -0.541 e. The molecule has 11 nitrogen and oxygen atoms in total. The van der Waals surface area contributed by atoms with Crippen molar-refractivity contribution in [2.45, 2.75) is 13.8 Å². The van der Waals surface area contributed by atoms with Crippen LogP contribution < -0.4 is 14.6 Å². The first-order valence-corrected chi connectivity index (χ1v) is 12.1. The van der Waals surface area contributed by atoms with Crippen LogP contribution in [-0.4, -0.2) is 82.1 Å². The summed E-state index contributed by atoms with van der Waals surface area (Å²) in [4.78, 5) is 14.1. The molecule has 194 valence electrons. The normalized spacial score (nSPS) is 11.5. The van der Waals surface area contributed by atoms with Gasteiger partial charge in [0, 0.05) is 24.3 Å². The molecule has 0 radical (unpaired) electrons. The number of hydrogen-bond donors (Lipinski definition) is 2. The molecule has 0 saturated heterocycles. The third-order valence-corrected chi connectivity index (χ3v) is 6.15. The van der Waals surface area contributed by atoms with Gasteiger partial charge in [0.15, 0.2) is 5.69 Å². The number of aromatic carboxylic acids is 1. The molecule has 12 heteroatoms. The lowest BCUT2D eigenvalue weighted by molar-refractivity contribution is -0.659. The van der Waals surface area contributed by atoms with Crippen LogP contribution in [0.25, 0.3) is 0 Å². The van der Waals surface area contributed by atoms with Gasteiger partial charge in [-0.3, -0.25) is 0 Å². The second-order valence-electron chi connectivity index (χ2n) is 7.53. The molecule has 2 aromatic rings. The van der Waals surface area contributed by atoms with Crippen LogP contribution in [0.2, 0.25) is 0 Å². The van der Waals surface area contributed by atoms with Crippen molar-refractivity contribution in [3.8, 4) is 0 Å². The van der Waals surface area contributed by atoms with Gasteiger partial charge in [0.1, 0.15) is 11.7 Å². The van der Waals surface area contributed by atoms with E-state index in [9.17, 15) is 9.90 Å². The highest BCUT2D eigenvalue weighted by Crippen LogP contribution is 2.31. The van der Waals surface area contributed by atoms with Gasteiger partial charge in [0.05, 0.1) is 69.9 Å². The lowest BCUT2D eigenvalue weighted by atomic mass is 10.1. The number of aryl methyl sites for hydroxylation is 1. The number of aliphatic hydroxyl groups excluding tert-OH is 2. The Morgan fingerprint density at radius 1 is 1.00 bits per heavy atom. The molecule has 0 atom stereocenters. The predicted octanol–water partition coefficient (Wildman–Crippen LogP) is 0.809. The number of anilines is 1. The Balaban J connectivity index is 2.14. The van der Waals surface area contributed by atoms with E-state index in [4.69, 9.17) is 24.4 Å². The van der Waals surface area contributed by atoms with Gasteiger partial charge in [0.2, 0.25) is 0 Å². The molecule has 0 saturated carbocycles. The van der Waals surface area contributed by atoms with Crippen molar-refractivity contribution in [2.24, 2.45) is 17.3 Å². The number of hydrogen-bond acceptors (Lipinski definition) is 11. The van der Waals surface area contributed by atoms with Crippen molar-refractivity contribution < 1.29 is 38.9 Å².